The molecule has 0 bridgehead atoms. The van der Waals surface area contributed by atoms with Crippen LogP contribution in [0.25, 0.3) is 0 Å². The van der Waals surface area contributed by atoms with E-state index in [0.29, 0.717) is 17.6 Å². The van der Waals surface area contributed by atoms with E-state index in [1.807, 2.05) is 4.90 Å². The zero-order chi connectivity index (χ0) is 14.1. The Morgan fingerprint density at radius 3 is 2.90 bits per heavy atom. The van der Waals surface area contributed by atoms with Gasteiger partial charge in [-0.1, -0.05) is 0 Å². The van der Waals surface area contributed by atoms with Gasteiger partial charge in [-0.2, -0.15) is 9.78 Å². The highest BCUT2D eigenvalue weighted by molar-refractivity contribution is 9.10. The molecule has 0 aliphatic carbocycles. The molecule has 0 radical (unpaired) electrons. The van der Waals surface area contributed by atoms with E-state index < -0.39 is 0 Å². The fourth-order valence-corrected chi connectivity index (χ4v) is 3.27. The largest absolute Gasteiger partial charge is 0.391 e. The summed E-state index contributed by atoms with van der Waals surface area (Å²) in [5.74, 6) is 0. The molecule has 2 aliphatic rings. The Morgan fingerprint density at radius 2 is 2.25 bits per heavy atom. The lowest BCUT2D eigenvalue weighted by Crippen LogP contribution is -2.33. The smallest absolute Gasteiger partial charge is 0.285 e. The van der Waals surface area contributed by atoms with Crippen LogP contribution in [0, 0.1) is 0 Å². The summed E-state index contributed by atoms with van der Waals surface area (Å²) in [7, 11) is 0. The highest BCUT2D eigenvalue weighted by Gasteiger charge is 2.25. The Morgan fingerprint density at radius 1 is 1.40 bits per heavy atom. The number of β-amino-alcohol motifs (C(OH)–C–C–N with tert-alkyl or cyclic N) is 1. The van der Waals surface area contributed by atoms with Gasteiger partial charge in [0, 0.05) is 19.7 Å². The summed E-state index contributed by atoms with van der Waals surface area (Å²) in [6, 6.07) is 0. The number of hydrogen-bond acceptors (Lipinski definition) is 5. The maximum atomic E-state index is 12.4. The van der Waals surface area contributed by atoms with Gasteiger partial charge in [-0.3, -0.25) is 4.79 Å². The van der Waals surface area contributed by atoms with Crippen LogP contribution < -0.4 is 10.5 Å². The Kier molecular flexibility index (Phi) is 4.09. The molecular formula is C13H18BrN3O3. The average Bonchev–Trinajstić information content (AvgIpc) is 2.89. The SMILES string of the molecule is O=c1c(Br)c(N2CC[C@@H](O)C2)cnn1C1CCCCO1. The summed E-state index contributed by atoms with van der Waals surface area (Å²) in [4.78, 5) is 14.4. The molecule has 0 saturated carbocycles. The van der Waals surface area contributed by atoms with Crippen molar-refractivity contribution < 1.29 is 9.84 Å². The summed E-state index contributed by atoms with van der Waals surface area (Å²) in [6.45, 7) is 1.96. The van der Waals surface area contributed by atoms with Crippen molar-refractivity contribution in [3.05, 3.63) is 21.0 Å². The lowest BCUT2D eigenvalue weighted by molar-refractivity contribution is -0.0425. The summed E-state index contributed by atoms with van der Waals surface area (Å²) >= 11 is 3.38. The fraction of sp³-hybridized carbons (Fsp3) is 0.692. The monoisotopic (exact) mass is 343 g/mol. The third kappa shape index (κ3) is 2.62. The van der Waals surface area contributed by atoms with Crippen LogP contribution in [0.15, 0.2) is 15.5 Å². The number of halogens is 1. The number of hydrogen-bond donors (Lipinski definition) is 1. The third-order valence-corrected chi connectivity index (χ3v) is 4.60. The van der Waals surface area contributed by atoms with Crippen molar-refractivity contribution in [2.75, 3.05) is 24.6 Å². The summed E-state index contributed by atoms with van der Waals surface area (Å²) in [6.07, 6.45) is 4.73. The van der Waals surface area contributed by atoms with Crippen LogP contribution in [0.1, 0.15) is 31.9 Å². The zero-order valence-electron chi connectivity index (χ0n) is 11.2. The van der Waals surface area contributed by atoms with Crippen molar-refractivity contribution in [3.63, 3.8) is 0 Å². The van der Waals surface area contributed by atoms with E-state index >= 15 is 0 Å². The molecule has 2 aliphatic heterocycles. The first-order valence-electron chi connectivity index (χ1n) is 6.99. The number of aliphatic hydroxyl groups excluding tert-OH is 1. The minimum Gasteiger partial charge on any atom is -0.391 e. The molecule has 110 valence electrons. The molecule has 2 fully saturated rings. The summed E-state index contributed by atoms with van der Waals surface area (Å²) in [5.41, 5.74) is 0.578. The first-order chi connectivity index (χ1) is 9.66. The summed E-state index contributed by atoms with van der Waals surface area (Å²) in [5, 5.41) is 13.9. The highest BCUT2D eigenvalue weighted by atomic mass is 79.9. The van der Waals surface area contributed by atoms with Crippen molar-refractivity contribution in [2.45, 2.75) is 38.0 Å². The third-order valence-electron chi connectivity index (χ3n) is 3.86. The molecule has 1 aromatic heterocycles. The van der Waals surface area contributed by atoms with Crippen LogP contribution in [0.2, 0.25) is 0 Å². The lowest BCUT2D eigenvalue weighted by atomic mass is 10.2. The first kappa shape index (κ1) is 14.0. The molecule has 2 saturated heterocycles. The Bertz CT molecular complexity index is 542. The Labute approximate surface area is 125 Å². The van der Waals surface area contributed by atoms with Gasteiger partial charge in [-0.05, 0) is 41.6 Å². The molecule has 6 nitrogen and oxygen atoms in total. The number of nitrogens with zero attached hydrogens (tertiary/aromatic N) is 3. The molecule has 1 N–H and O–H groups in total. The van der Waals surface area contributed by atoms with Gasteiger partial charge in [0.2, 0.25) is 0 Å². The maximum Gasteiger partial charge on any atom is 0.285 e. The van der Waals surface area contributed by atoms with E-state index in [1.54, 1.807) is 6.20 Å². The number of aromatic nitrogens is 2. The highest BCUT2D eigenvalue weighted by Crippen LogP contribution is 2.27. The minimum atomic E-state index is -0.328. The maximum absolute atomic E-state index is 12.4. The van der Waals surface area contributed by atoms with Gasteiger partial charge in [0.25, 0.3) is 5.56 Å². The topological polar surface area (TPSA) is 67.6 Å². The second kappa shape index (κ2) is 5.83. The van der Waals surface area contributed by atoms with Gasteiger partial charge in [-0.25, -0.2) is 0 Å². The van der Waals surface area contributed by atoms with Crippen molar-refractivity contribution in [1.29, 1.82) is 0 Å². The number of ether oxygens (including phenoxy) is 1. The second-order valence-corrected chi connectivity index (χ2v) is 6.10. The molecule has 3 heterocycles. The molecule has 0 amide bonds. The second-order valence-electron chi connectivity index (χ2n) is 5.30. The van der Waals surface area contributed by atoms with Gasteiger partial charge in [0.15, 0.2) is 6.23 Å². The van der Waals surface area contributed by atoms with Crippen molar-refractivity contribution in [1.82, 2.24) is 9.78 Å². The normalized spacial score (nSPS) is 27.0. The number of aliphatic hydroxyl groups is 1. The van der Waals surface area contributed by atoms with Gasteiger partial charge >= 0.3 is 0 Å². The molecule has 20 heavy (non-hydrogen) atoms. The molecule has 3 rings (SSSR count). The molecular weight excluding hydrogens is 326 g/mol. The zero-order valence-corrected chi connectivity index (χ0v) is 12.8. The van der Waals surface area contributed by atoms with Gasteiger partial charge in [0.05, 0.1) is 18.0 Å². The van der Waals surface area contributed by atoms with Crippen LogP contribution in [-0.4, -0.2) is 40.7 Å². The summed E-state index contributed by atoms with van der Waals surface area (Å²) < 4.78 is 7.52. The van der Waals surface area contributed by atoms with Crippen LogP contribution in [0.4, 0.5) is 5.69 Å². The van der Waals surface area contributed by atoms with E-state index in [4.69, 9.17) is 4.74 Å². The van der Waals surface area contributed by atoms with E-state index in [1.165, 1.54) is 4.68 Å². The number of rotatable bonds is 2. The lowest BCUT2D eigenvalue weighted by Gasteiger charge is -2.25. The fourth-order valence-electron chi connectivity index (χ4n) is 2.74. The molecule has 7 heteroatoms. The Hall–Kier alpha value is -0.920. The predicted octanol–water partition coefficient (Wildman–Crippen LogP) is 1.28. The van der Waals surface area contributed by atoms with E-state index in [2.05, 4.69) is 21.0 Å². The minimum absolute atomic E-state index is 0.171. The van der Waals surface area contributed by atoms with Crippen LogP contribution in [0.5, 0.6) is 0 Å². The van der Waals surface area contributed by atoms with Gasteiger partial charge < -0.3 is 14.7 Å². The van der Waals surface area contributed by atoms with Crippen LogP contribution in [-0.2, 0) is 4.74 Å². The van der Waals surface area contributed by atoms with Crippen molar-refractivity contribution in [2.24, 2.45) is 0 Å². The van der Waals surface area contributed by atoms with Gasteiger partial charge in [0.1, 0.15) is 4.47 Å². The molecule has 0 spiro atoms. The number of anilines is 1. The van der Waals surface area contributed by atoms with Crippen molar-refractivity contribution in [3.8, 4) is 0 Å². The van der Waals surface area contributed by atoms with Crippen molar-refractivity contribution >= 4 is 21.6 Å². The first-order valence-corrected chi connectivity index (χ1v) is 7.78. The van der Waals surface area contributed by atoms with Gasteiger partial charge in [-0.15, -0.1) is 0 Å². The molecule has 1 aromatic rings. The average molecular weight is 344 g/mol. The predicted molar refractivity (Wildman–Crippen MR) is 77.9 cm³/mol. The standard InChI is InChI=1S/C13H18BrN3O3/c14-12-10(16-5-4-9(18)8-16)7-15-17(13(12)19)11-3-1-2-6-20-11/h7,9,11,18H,1-6,8H2/t9-,11?/m1/s1. The Balaban J connectivity index is 1.88. The van der Waals surface area contributed by atoms with Crippen LogP contribution >= 0.6 is 15.9 Å². The molecule has 2 atom stereocenters. The molecule has 0 aromatic carbocycles. The van der Waals surface area contributed by atoms with E-state index in [-0.39, 0.29) is 17.9 Å². The van der Waals surface area contributed by atoms with E-state index in [9.17, 15) is 9.90 Å². The van der Waals surface area contributed by atoms with Crippen LogP contribution in [0.3, 0.4) is 0 Å². The van der Waals surface area contributed by atoms with E-state index in [0.717, 1.165) is 37.9 Å². The quantitative estimate of drug-likeness (QED) is 0.875. The molecule has 1 unspecified atom stereocenters.